The van der Waals surface area contributed by atoms with Crippen LogP contribution in [0.1, 0.15) is 12.2 Å². The second kappa shape index (κ2) is 5.60. The molecule has 1 aliphatic rings. The highest BCUT2D eigenvalue weighted by Gasteiger charge is 2.16. The van der Waals surface area contributed by atoms with Crippen LogP contribution in [0.4, 0.5) is 0 Å². The Morgan fingerprint density at radius 2 is 1.91 bits per heavy atom. The number of benzene rings is 2. The van der Waals surface area contributed by atoms with Crippen molar-refractivity contribution in [1.82, 2.24) is 9.97 Å². The fourth-order valence-electron chi connectivity index (χ4n) is 2.52. The molecule has 0 saturated heterocycles. The molecule has 0 bridgehead atoms. The molecular weight excluding hydrogens is 280 g/mol. The fraction of sp³-hybridized carbons (Fsp3) is 0.235. The molecule has 0 saturated carbocycles. The SMILES string of the molecule is c1ccc(OCCCc2nc3cc4c(cc3[nH]2)OCO4)cc1. The van der Waals surface area contributed by atoms with Crippen LogP contribution >= 0.6 is 0 Å². The predicted molar refractivity (Wildman–Crippen MR) is 82.5 cm³/mol. The maximum atomic E-state index is 5.68. The zero-order valence-electron chi connectivity index (χ0n) is 12.0. The van der Waals surface area contributed by atoms with Crippen molar-refractivity contribution in [2.24, 2.45) is 0 Å². The van der Waals surface area contributed by atoms with Gasteiger partial charge < -0.3 is 19.2 Å². The van der Waals surface area contributed by atoms with Crippen LogP contribution in [0.5, 0.6) is 17.2 Å². The average molecular weight is 296 g/mol. The molecule has 0 spiro atoms. The zero-order valence-corrected chi connectivity index (χ0v) is 12.0. The summed E-state index contributed by atoms with van der Waals surface area (Å²) in [5.41, 5.74) is 1.88. The van der Waals surface area contributed by atoms with Crippen LogP contribution in [0, 0.1) is 0 Å². The lowest BCUT2D eigenvalue weighted by Crippen LogP contribution is -2.00. The third-order valence-electron chi connectivity index (χ3n) is 3.60. The van der Waals surface area contributed by atoms with Crippen molar-refractivity contribution < 1.29 is 14.2 Å². The lowest BCUT2D eigenvalue weighted by Gasteiger charge is -2.04. The quantitative estimate of drug-likeness (QED) is 0.734. The van der Waals surface area contributed by atoms with Gasteiger partial charge in [-0.05, 0) is 18.6 Å². The Labute approximate surface area is 127 Å². The third-order valence-corrected chi connectivity index (χ3v) is 3.60. The summed E-state index contributed by atoms with van der Waals surface area (Å²) in [6, 6.07) is 13.7. The van der Waals surface area contributed by atoms with Gasteiger partial charge in [0.15, 0.2) is 11.5 Å². The number of ether oxygens (including phenoxy) is 3. The second-order valence-corrected chi connectivity index (χ2v) is 5.17. The molecule has 1 N–H and O–H groups in total. The van der Waals surface area contributed by atoms with E-state index in [0.717, 1.165) is 46.9 Å². The van der Waals surface area contributed by atoms with Crippen LogP contribution < -0.4 is 14.2 Å². The number of rotatable bonds is 5. The van der Waals surface area contributed by atoms with Gasteiger partial charge in [-0.25, -0.2) is 4.98 Å². The fourth-order valence-corrected chi connectivity index (χ4v) is 2.52. The van der Waals surface area contributed by atoms with Crippen LogP contribution in [-0.2, 0) is 6.42 Å². The minimum atomic E-state index is 0.283. The number of nitrogens with zero attached hydrogens (tertiary/aromatic N) is 1. The van der Waals surface area contributed by atoms with Crippen LogP contribution in [0.3, 0.4) is 0 Å². The Morgan fingerprint density at radius 3 is 2.77 bits per heavy atom. The third kappa shape index (κ3) is 2.57. The van der Waals surface area contributed by atoms with Gasteiger partial charge in [0, 0.05) is 18.6 Å². The highest BCUT2D eigenvalue weighted by Crippen LogP contribution is 2.35. The van der Waals surface area contributed by atoms with E-state index in [0.29, 0.717) is 6.61 Å². The van der Waals surface area contributed by atoms with Crippen LogP contribution in [0.2, 0.25) is 0 Å². The Kier molecular flexibility index (Phi) is 3.31. The first kappa shape index (κ1) is 13.0. The van der Waals surface area contributed by atoms with Crippen molar-refractivity contribution in [3.05, 3.63) is 48.3 Å². The summed E-state index contributed by atoms with van der Waals surface area (Å²) in [5.74, 6) is 3.39. The summed E-state index contributed by atoms with van der Waals surface area (Å²) in [6.07, 6.45) is 1.75. The number of imidazole rings is 1. The topological polar surface area (TPSA) is 56.4 Å². The van der Waals surface area contributed by atoms with E-state index in [2.05, 4.69) is 9.97 Å². The van der Waals surface area contributed by atoms with Crippen molar-refractivity contribution in [3.63, 3.8) is 0 Å². The van der Waals surface area contributed by atoms with Crippen LogP contribution in [-0.4, -0.2) is 23.4 Å². The molecule has 2 aromatic carbocycles. The summed E-state index contributed by atoms with van der Waals surface area (Å²) in [4.78, 5) is 7.91. The zero-order chi connectivity index (χ0) is 14.8. The number of hydrogen-bond donors (Lipinski definition) is 1. The molecule has 0 fully saturated rings. The van der Waals surface area contributed by atoms with E-state index in [-0.39, 0.29) is 6.79 Å². The maximum absolute atomic E-state index is 5.68. The number of aryl methyl sites for hydroxylation is 1. The van der Waals surface area contributed by atoms with Gasteiger partial charge in [-0.3, -0.25) is 0 Å². The summed E-state index contributed by atoms with van der Waals surface area (Å²) in [5, 5.41) is 0. The molecule has 0 atom stereocenters. The standard InChI is InChI=1S/C17H16N2O3/c1-2-5-12(6-3-1)20-8-4-7-17-18-13-9-15-16(22-11-21-15)10-14(13)19-17/h1-3,5-6,9-10H,4,7-8,11H2,(H,18,19). The summed E-state index contributed by atoms with van der Waals surface area (Å²) in [6.45, 7) is 0.954. The second-order valence-electron chi connectivity index (χ2n) is 5.17. The summed E-state index contributed by atoms with van der Waals surface area (Å²) >= 11 is 0. The first-order valence-corrected chi connectivity index (χ1v) is 7.34. The van der Waals surface area contributed by atoms with Gasteiger partial charge in [0.1, 0.15) is 11.6 Å². The minimum absolute atomic E-state index is 0.283. The molecule has 0 radical (unpaired) electrons. The minimum Gasteiger partial charge on any atom is -0.494 e. The number of hydrogen-bond acceptors (Lipinski definition) is 4. The summed E-state index contributed by atoms with van der Waals surface area (Å²) < 4.78 is 16.4. The molecule has 0 aliphatic carbocycles. The van der Waals surface area contributed by atoms with Crippen molar-refractivity contribution in [2.45, 2.75) is 12.8 Å². The van der Waals surface area contributed by atoms with E-state index in [1.54, 1.807) is 0 Å². The highest BCUT2D eigenvalue weighted by molar-refractivity contribution is 5.80. The molecule has 4 rings (SSSR count). The maximum Gasteiger partial charge on any atom is 0.231 e. The van der Waals surface area contributed by atoms with E-state index < -0.39 is 0 Å². The predicted octanol–water partition coefficient (Wildman–Crippen LogP) is 3.30. The average Bonchev–Trinajstić information content (AvgIpc) is 3.15. The number of para-hydroxylation sites is 1. The summed E-state index contributed by atoms with van der Waals surface area (Å²) in [7, 11) is 0. The molecule has 0 amide bonds. The molecule has 5 heteroatoms. The first-order chi connectivity index (χ1) is 10.9. The van der Waals surface area contributed by atoms with Gasteiger partial charge in [0.25, 0.3) is 0 Å². The molecule has 2 heterocycles. The highest BCUT2D eigenvalue weighted by atomic mass is 16.7. The molecule has 0 unspecified atom stereocenters. The smallest absolute Gasteiger partial charge is 0.231 e. The van der Waals surface area contributed by atoms with Crippen LogP contribution in [0.15, 0.2) is 42.5 Å². The van der Waals surface area contributed by atoms with E-state index in [1.165, 1.54) is 0 Å². The molecule has 112 valence electrons. The van der Waals surface area contributed by atoms with Crippen LogP contribution in [0.25, 0.3) is 11.0 Å². The lowest BCUT2D eigenvalue weighted by molar-refractivity contribution is 0.174. The first-order valence-electron chi connectivity index (χ1n) is 7.34. The van der Waals surface area contributed by atoms with Gasteiger partial charge >= 0.3 is 0 Å². The number of aromatic amines is 1. The number of fused-ring (bicyclic) bond motifs is 2. The van der Waals surface area contributed by atoms with E-state index in [9.17, 15) is 0 Å². The van der Waals surface area contributed by atoms with Gasteiger partial charge in [0.2, 0.25) is 6.79 Å². The number of nitrogens with one attached hydrogen (secondary N) is 1. The van der Waals surface area contributed by atoms with Gasteiger partial charge in [-0.2, -0.15) is 0 Å². The van der Waals surface area contributed by atoms with E-state index in [1.807, 2.05) is 42.5 Å². The van der Waals surface area contributed by atoms with Gasteiger partial charge in [0.05, 0.1) is 17.6 Å². The van der Waals surface area contributed by atoms with Crippen molar-refractivity contribution in [3.8, 4) is 17.2 Å². The molecule has 1 aromatic heterocycles. The Bertz CT molecular complexity index is 742. The Hall–Kier alpha value is -2.69. The molecule has 1 aliphatic heterocycles. The van der Waals surface area contributed by atoms with Crippen molar-refractivity contribution in [2.75, 3.05) is 13.4 Å². The van der Waals surface area contributed by atoms with E-state index >= 15 is 0 Å². The number of H-pyrrole nitrogens is 1. The molecular formula is C17H16N2O3. The Morgan fingerprint density at radius 1 is 1.09 bits per heavy atom. The Balaban J connectivity index is 1.38. The largest absolute Gasteiger partial charge is 0.494 e. The van der Waals surface area contributed by atoms with Gasteiger partial charge in [-0.1, -0.05) is 18.2 Å². The van der Waals surface area contributed by atoms with Crippen molar-refractivity contribution in [1.29, 1.82) is 0 Å². The number of aromatic nitrogens is 2. The van der Waals surface area contributed by atoms with Gasteiger partial charge in [-0.15, -0.1) is 0 Å². The van der Waals surface area contributed by atoms with E-state index in [4.69, 9.17) is 14.2 Å². The normalized spacial score (nSPS) is 12.7. The molecule has 22 heavy (non-hydrogen) atoms. The molecule has 3 aromatic rings. The lowest BCUT2D eigenvalue weighted by atomic mass is 10.3. The van der Waals surface area contributed by atoms with Crippen molar-refractivity contribution >= 4 is 11.0 Å². The monoisotopic (exact) mass is 296 g/mol. The molecule has 5 nitrogen and oxygen atoms in total.